The first-order valence-corrected chi connectivity index (χ1v) is 5.14. The predicted molar refractivity (Wildman–Crippen MR) is 53.4 cm³/mol. The molecule has 3 N–H and O–H groups in total. The fraction of sp³-hybridized carbons (Fsp3) is 0.444. The minimum Gasteiger partial charge on any atom is -0.380 e. The van der Waals surface area contributed by atoms with Crippen molar-refractivity contribution in [3.63, 3.8) is 0 Å². The van der Waals surface area contributed by atoms with Crippen molar-refractivity contribution < 1.29 is 5.11 Å². The van der Waals surface area contributed by atoms with Gasteiger partial charge in [0.15, 0.2) is 5.13 Å². The van der Waals surface area contributed by atoms with Crippen molar-refractivity contribution in [2.24, 2.45) is 0 Å². The van der Waals surface area contributed by atoms with Crippen LogP contribution in [0.1, 0.15) is 24.1 Å². The number of rotatable bonds is 1. The molecule has 0 aliphatic heterocycles. The maximum absolute atomic E-state index is 10.2. The van der Waals surface area contributed by atoms with Gasteiger partial charge in [-0.1, -0.05) is 23.5 Å². The van der Waals surface area contributed by atoms with Crippen molar-refractivity contribution >= 4 is 16.5 Å². The molecular weight excluding hydrogens is 184 g/mol. The van der Waals surface area contributed by atoms with Gasteiger partial charge in [0.05, 0.1) is 4.88 Å². The lowest BCUT2D eigenvalue weighted by Gasteiger charge is -2.25. The van der Waals surface area contributed by atoms with E-state index < -0.39 is 5.60 Å². The molecule has 0 saturated heterocycles. The second-order valence-electron chi connectivity index (χ2n) is 3.28. The molecule has 1 aliphatic carbocycles. The van der Waals surface area contributed by atoms with Crippen molar-refractivity contribution in [1.82, 2.24) is 4.98 Å². The summed E-state index contributed by atoms with van der Waals surface area (Å²) < 4.78 is 0. The highest BCUT2D eigenvalue weighted by Crippen LogP contribution is 2.35. The normalized spacial score (nSPS) is 27.8. The van der Waals surface area contributed by atoms with Crippen LogP contribution in [-0.4, -0.2) is 10.1 Å². The molecule has 1 aromatic rings. The Morgan fingerprint density at radius 3 is 3.00 bits per heavy atom. The number of thiazole rings is 1. The van der Waals surface area contributed by atoms with Crippen LogP contribution in [0, 0.1) is 0 Å². The molecule has 0 bridgehead atoms. The molecule has 13 heavy (non-hydrogen) atoms. The van der Waals surface area contributed by atoms with Gasteiger partial charge in [-0.15, -0.1) is 0 Å². The highest BCUT2D eigenvalue weighted by molar-refractivity contribution is 7.15. The number of hydrogen-bond donors (Lipinski definition) is 2. The molecule has 0 spiro atoms. The number of nitrogens with zero attached hydrogens (tertiary/aromatic N) is 1. The standard InChI is InChI=1S/C9H12N2OS/c10-8-11-6-7(13-8)9(12)4-2-1-3-5-9/h2,4,6,12H,1,3,5H2,(H2,10,11). The average Bonchev–Trinajstić information content (AvgIpc) is 2.54. The smallest absolute Gasteiger partial charge is 0.180 e. The van der Waals surface area contributed by atoms with Gasteiger partial charge in [-0.2, -0.15) is 0 Å². The van der Waals surface area contributed by atoms with Crippen molar-refractivity contribution in [1.29, 1.82) is 0 Å². The van der Waals surface area contributed by atoms with Gasteiger partial charge in [0.25, 0.3) is 0 Å². The summed E-state index contributed by atoms with van der Waals surface area (Å²) in [5, 5.41) is 10.7. The predicted octanol–water partition coefficient (Wildman–Crippen LogP) is 1.65. The Hall–Kier alpha value is -0.870. The summed E-state index contributed by atoms with van der Waals surface area (Å²) in [5.41, 5.74) is 4.70. The summed E-state index contributed by atoms with van der Waals surface area (Å²) in [6, 6.07) is 0. The Morgan fingerprint density at radius 1 is 1.62 bits per heavy atom. The average molecular weight is 196 g/mol. The van der Waals surface area contributed by atoms with Crippen LogP contribution in [0.4, 0.5) is 5.13 Å². The van der Waals surface area contributed by atoms with Crippen LogP contribution in [0.25, 0.3) is 0 Å². The molecule has 3 nitrogen and oxygen atoms in total. The Morgan fingerprint density at radius 2 is 2.46 bits per heavy atom. The lowest BCUT2D eigenvalue weighted by Crippen LogP contribution is -2.23. The number of nitrogens with two attached hydrogens (primary N) is 1. The number of aromatic nitrogens is 1. The van der Waals surface area contributed by atoms with Crippen LogP contribution in [0.5, 0.6) is 0 Å². The molecule has 1 aromatic heterocycles. The van der Waals surface area contributed by atoms with E-state index in [4.69, 9.17) is 5.73 Å². The summed E-state index contributed by atoms with van der Waals surface area (Å²) in [6.07, 6.45) is 8.37. The third-order valence-electron chi connectivity index (χ3n) is 2.27. The molecular formula is C9H12N2OS. The van der Waals surface area contributed by atoms with Crippen LogP contribution >= 0.6 is 11.3 Å². The van der Waals surface area contributed by atoms with Crippen molar-refractivity contribution in [3.8, 4) is 0 Å². The van der Waals surface area contributed by atoms with Crippen molar-refractivity contribution in [3.05, 3.63) is 23.2 Å². The lowest BCUT2D eigenvalue weighted by molar-refractivity contribution is 0.0762. The maximum Gasteiger partial charge on any atom is 0.180 e. The zero-order valence-electron chi connectivity index (χ0n) is 7.23. The van der Waals surface area contributed by atoms with Crippen LogP contribution in [-0.2, 0) is 5.60 Å². The van der Waals surface area contributed by atoms with Gasteiger partial charge in [0.2, 0.25) is 0 Å². The minimum atomic E-state index is -0.812. The van der Waals surface area contributed by atoms with Gasteiger partial charge in [0, 0.05) is 6.20 Å². The molecule has 0 fully saturated rings. The zero-order valence-corrected chi connectivity index (χ0v) is 8.05. The quantitative estimate of drug-likeness (QED) is 0.671. The number of nitrogen functional groups attached to an aromatic ring is 1. The van der Waals surface area contributed by atoms with Crippen LogP contribution < -0.4 is 5.73 Å². The maximum atomic E-state index is 10.2. The molecule has 1 unspecified atom stereocenters. The largest absolute Gasteiger partial charge is 0.380 e. The monoisotopic (exact) mass is 196 g/mol. The van der Waals surface area contributed by atoms with Crippen molar-refractivity contribution in [2.45, 2.75) is 24.9 Å². The molecule has 1 heterocycles. The van der Waals surface area contributed by atoms with Crippen LogP contribution in [0.3, 0.4) is 0 Å². The molecule has 2 rings (SSSR count). The zero-order chi connectivity index (χ0) is 9.31. The van der Waals surface area contributed by atoms with Gasteiger partial charge in [-0.3, -0.25) is 0 Å². The summed E-state index contributed by atoms with van der Waals surface area (Å²) in [5.74, 6) is 0. The first-order chi connectivity index (χ1) is 6.21. The molecule has 1 atom stereocenters. The molecule has 70 valence electrons. The fourth-order valence-corrected chi connectivity index (χ4v) is 2.33. The van der Waals surface area contributed by atoms with E-state index in [1.165, 1.54) is 11.3 Å². The topological polar surface area (TPSA) is 59.1 Å². The van der Waals surface area contributed by atoms with E-state index in [9.17, 15) is 5.11 Å². The van der Waals surface area contributed by atoms with Gasteiger partial charge < -0.3 is 10.8 Å². The number of hydrogen-bond acceptors (Lipinski definition) is 4. The number of allylic oxidation sites excluding steroid dienone is 1. The number of aliphatic hydroxyl groups is 1. The minimum absolute atomic E-state index is 0.516. The lowest BCUT2D eigenvalue weighted by atomic mass is 9.90. The highest BCUT2D eigenvalue weighted by Gasteiger charge is 2.29. The first kappa shape index (κ1) is 8.72. The van der Waals surface area contributed by atoms with Crippen molar-refractivity contribution in [2.75, 3.05) is 5.73 Å². The molecule has 0 amide bonds. The van der Waals surface area contributed by atoms with Gasteiger partial charge >= 0.3 is 0 Å². The molecule has 0 saturated carbocycles. The van der Waals surface area contributed by atoms with Gasteiger partial charge in [-0.05, 0) is 19.3 Å². The Bertz CT molecular complexity index is 334. The Labute approximate surface area is 80.9 Å². The SMILES string of the molecule is Nc1ncc(C2(O)C=CCCC2)s1. The Kier molecular flexibility index (Phi) is 2.09. The first-order valence-electron chi connectivity index (χ1n) is 4.32. The molecule has 1 aliphatic rings. The third-order valence-corrected chi connectivity index (χ3v) is 3.27. The van der Waals surface area contributed by atoms with E-state index in [0.717, 1.165) is 24.1 Å². The van der Waals surface area contributed by atoms with Gasteiger partial charge in [0.1, 0.15) is 5.60 Å². The van der Waals surface area contributed by atoms with E-state index in [0.29, 0.717) is 5.13 Å². The van der Waals surface area contributed by atoms with E-state index >= 15 is 0 Å². The second-order valence-corrected chi connectivity index (χ2v) is 4.34. The Balaban J connectivity index is 2.33. The van der Waals surface area contributed by atoms with Crippen LogP contribution in [0.2, 0.25) is 0 Å². The summed E-state index contributed by atoms with van der Waals surface area (Å²) in [4.78, 5) is 4.79. The molecule has 0 aromatic carbocycles. The summed E-state index contributed by atoms with van der Waals surface area (Å²) in [7, 11) is 0. The molecule has 0 radical (unpaired) electrons. The van der Waals surface area contributed by atoms with E-state index in [2.05, 4.69) is 4.98 Å². The third kappa shape index (κ3) is 1.59. The highest BCUT2D eigenvalue weighted by atomic mass is 32.1. The van der Waals surface area contributed by atoms with Crippen LogP contribution in [0.15, 0.2) is 18.3 Å². The van der Waals surface area contributed by atoms with E-state index in [1.54, 1.807) is 6.20 Å². The molecule has 4 heteroatoms. The van der Waals surface area contributed by atoms with E-state index in [-0.39, 0.29) is 0 Å². The second kappa shape index (κ2) is 3.12. The fourth-order valence-electron chi connectivity index (χ4n) is 1.54. The number of anilines is 1. The summed E-state index contributed by atoms with van der Waals surface area (Å²) in [6.45, 7) is 0. The summed E-state index contributed by atoms with van der Waals surface area (Å²) >= 11 is 1.36. The van der Waals surface area contributed by atoms with Gasteiger partial charge in [-0.25, -0.2) is 4.98 Å². The van der Waals surface area contributed by atoms with E-state index in [1.807, 2.05) is 12.2 Å².